The molecule has 5 nitrogen and oxygen atoms in total. The number of pyridine rings is 1. The van der Waals surface area contributed by atoms with Crippen LogP contribution >= 0.6 is 0 Å². The first kappa shape index (κ1) is 13.4. The standard InChI is InChI=1S/C12H19N3O2/c1-3-6-13-12(17)9(2)14-7-10-4-5-11(16)8-15-10/h4-5,8-9,14,16H,3,6-7H2,1-2H3,(H,13,17). The first-order valence-electron chi connectivity index (χ1n) is 5.78. The van der Waals surface area contributed by atoms with E-state index >= 15 is 0 Å². The van der Waals surface area contributed by atoms with Crippen molar-refractivity contribution < 1.29 is 9.90 Å². The summed E-state index contributed by atoms with van der Waals surface area (Å²) >= 11 is 0. The largest absolute Gasteiger partial charge is 0.506 e. The zero-order valence-corrected chi connectivity index (χ0v) is 10.2. The van der Waals surface area contributed by atoms with Gasteiger partial charge in [0, 0.05) is 13.1 Å². The van der Waals surface area contributed by atoms with Gasteiger partial charge in [0.1, 0.15) is 5.75 Å². The molecule has 1 amide bonds. The minimum atomic E-state index is -0.253. The summed E-state index contributed by atoms with van der Waals surface area (Å²) in [6.45, 7) is 5.02. The third kappa shape index (κ3) is 4.82. The van der Waals surface area contributed by atoms with Gasteiger partial charge in [0.05, 0.1) is 17.9 Å². The van der Waals surface area contributed by atoms with Crippen molar-refractivity contribution in [2.24, 2.45) is 0 Å². The third-order valence-electron chi connectivity index (χ3n) is 2.34. The van der Waals surface area contributed by atoms with E-state index in [2.05, 4.69) is 15.6 Å². The molecule has 1 aromatic heterocycles. The van der Waals surface area contributed by atoms with Crippen LogP contribution in [0, 0.1) is 0 Å². The Morgan fingerprint density at radius 3 is 2.88 bits per heavy atom. The number of hydrogen-bond donors (Lipinski definition) is 3. The average molecular weight is 237 g/mol. The molecule has 0 bridgehead atoms. The Morgan fingerprint density at radius 1 is 1.53 bits per heavy atom. The number of aromatic hydroxyl groups is 1. The van der Waals surface area contributed by atoms with E-state index < -0.39 is 0 Å². The van der Waals surface area contributed by atoms with Crippen molar-refractivity contribution in [1.82, 2.24) is 15.6 Å². The quantitative estimate of drug-likeness (QED) is 0.684. The Morgan fingerprint density at radius 2 is 2.29 bits per heavy atom. The molecule has 1 rings (SSSR count). The lowest BCUT2D eigenvalue weighted by Crippen LogP contribution is -2.42. The van der Waals surface area contributed by atoms with Gasteiger partial charge in [-0.1, -0.05) is 6.92 Å². The number of nitrogens with one attached hydrogen (secondary N) is 2. The zero-order valence-electron chi connectivity index (χ0n) is 10.2. The van der Waals surface area contributed by atoms with E-state index in [0.717, 1.165) is 12.1 Å². The molecule has 0 aromatic carbocycles. The van der Waals surface area contributed by atoms with Gasteiger partial charge in [-0.25, -0.2) is 0 Å². The molecule has 94 valence electrons. The lowest BCUT2D eigenvalue weighted by molar-refractivity contribution is -0.122. The maximum absolute atomic E-state index is 11.5. The first-order chi connectivity index (χ1) is 8.13. The van der Waals surface area contributed by atoms with Crippen LogP contribution in [0.3, 0.4) is 0 Å². The maximum atomic E-state index is 11.5. The molecule has 0 saturated carbocycles. The Balaban J connectivity index is 2.34. The van der Waals surface area contributed by atoms with Crippen LogP contribution in [-0.4, -0.2) is 28.6 Å². The summed E-state index contributed by atoms with van der Waals surface area (Å²) in [5, 5.41) is 15.0. The fourth-order valence-corrected chi connectivity index (χ4v) is 1.27. The highest BCUT2D eigenvalue weighted by atomic mass is 16.3. The van der Waals surface area contributed by atoms with Crippen molar-refractivity contribution in [3.8, 4) is 5.75 Å². The van der Waals surface area contributed by atoms with Crippen LogP contribution in [0.25, 0.3) is 0 Å². The van der Waals surface area contributed by atoms with E-state index in [4.69, 9.17) is 5.11 Å². The summed E-state index contributed by atoms with van der Waals surface area (Å²) in [5.74, 6) is 0.133. The van der Waals surface area contributed by atoms with E-state index in [1.807, 2.05) is 13.8 Å². The Labute approximate surface area is 101 Å². The number of hydrogen-bond acceptors (Lipinski definition) is 4. The van der Waals surface area contributed by atoms with Crippen LogP contribution in [0.1, 0.15) is 26.0 Å². The SMILES string of the molecule is CCCNC(=O)C(C)NCc1ccc(O)cn1. The van der Waals surface area contributed by atoms with Gasteiger partial charge in [-0.05, 0) is 25.5 Å². The molecule has 0 aliphatic heterocycles. The van der Waals surface area contributed by atoms with Gasteiger partial charge < -0.3 is 15.7 Å². The van der Waals surface area contributed by atoms with Crippen LogP contribution in [0.4, 0.5) is 0 Å². The molecule has 0 aliphatic rings. The highest BCUT2D eigenvalue weighted by Crippen LogP contribution is 2.05. The molecule has 0 aliphatic carbocycles. The van der Waals surface area contributed by atoms with Gasteiger partial charge in [0.2, 0.25) is 5.91 Å². The fourth-order valence-electron chi connectivity index (χ4n) is 1.27. The van der Waals surface area contributed by atoms with Gasteiger partial charge in [0.25, 0.3) is 0 Å². The Bertz CT molecular complexity index is 351. The highest BCUT2D eigenvalue weighted by Gasteiger charge is 2.10. The molecule has 3 N–H and O–H groups in total. The lowest BCUT2D eigenvalue weighted by atomic mass is 10.2. The summed E-state index contributed by atoms with van der Waals surface area (Å²) < 4.78 is 0. The van der Waals surface area contributed by atoms with Crippen molar-refractivity contribution >= 4 is 5.91 Å². The van der Waals surface area contributed by atoms with Crippen molar-refractivity contribution in [1.29, 1.82) is 0 Å². The molecule has 0 fully saturated rings. The molecule has 1 aromatic rings. The number of aromatic nitrogens is 1. The van der Waals surface area contributed by atoms with Crippen molar-refractivity contribution in [2.45, 2.75) is 32.9 Å². The van der Waals surface area contributed by atoms with E-state index in [9.17, 15) is 4.79 Å². The van der Waals surface area contributed by atoms with Gasteiger partial charge in [-0.15, -0.1) is 0 Å². The molecule has 0 saturated heterocycles. The fraction of sp³-hybridized carbons (Fsp3) is 0.500. The molecule has 1 atom stereocenters. The normalized spacial score (nSPS) is 12.1. The van der Waals surface area contributed by atoms with Gasteiger partial charge in [-0.2, -0.15) is 0 Å². The second-order valence-corrected chi connectivity index (χ2v) is 3.90. The molecule has 1 unspecified atom stereocenters. The van der Waals surface area contributed by atoms with E-state index in [1.54, 1.807) is 12.1 Å². The van der Waals surface area contributed by atoms with Crippen LogP contribution < -0.4 is 10.6 Å². The highest BCUT2D eigenvalue weighted by molar-refractivity contribution is 5.81. The second-order valence-electron chi connectivity index (χ2n) is 3.90. The maximum Gasteiger partial charge on any atom is 0.236 e. The summed E-state index contributed by atoms with van der Waals surface area (Å²) in [5.41, 5.74) is 0.790. The number of carbonyl (C=O) groups is 1. The molecule has 0 spiro atoms. The van der Waals surface area contributed by atoms with Crippen LogP contribution in [0.2, 0.25) is 0 Å². The van der Waals surface area contributed by atoms with Crippen LogP contribution in [0.5, 0.6) is 5.75 Å². The summed E-state index contributed by atoms with van der Waals surface area (Å²) in [7, 11) is 0. The number of amides is 1. The monoisotopic (exact) mass is 237 g/mol. The second kappa shape index (κ2) is 6.85. The van der Waals surface area contributed by atoms with Crippen molar-refractivity contribution in [3.05, 3.63) is 24.0 Å². The van der Waals surface area contributed by atoms with Crippen molar-refractivity contribution in [2.75, 3.05) is 6.54 Å². The molecule has 17 heavy (non-hydrogen) atoms. The number of nitrogens with zero attached hydrogens (tertiary/aromatic N) is 1. The molecular formula is C12H19N3O2. The Kier molecular flexibility index (Phi) is 5.42. The molecular weight excluding hydrogens is 218 g/mol. The summed E-state index contributed by atoms with van der Waals surface area (Å²) in [6, 6.07) is 3.04. The van der Waals surface area contributed by atoms with Crippen LogP contribution in [0.15, 0.2) is 18.3 Å². The smallest absolute Gasteiger partial charge is 0.236 e. The number of rotatable bonds is 6. The van der Waals surface area contributed by atoms with E-state index in [1.165, 1.54) is 6.20 Å². The van der Waals surface area contributed by atoms with E-state index in [0.29, 0.717) is 13.1 Å². The minimum absolute atomic E-state index is 0.00868. The van der Waals surface area contributed by atoms with Gasteiger partial charge >= 0.3 is 0 Å². The zero-order chi connectivity index (χ0) is 12.7. The molecule has 0 radical (unpaired) electrons. The van der Waals surface area contributed by atoms with Crippen LogP contribution in [-0.2, 0) is 11.3 Å². The predicted molar refractivity (Wildman–Crippen MR) is 65.5 cm³/mol. The van der Waals surface area contributed by atoms with Gasteiger partial charge in [0.15, 0.2) is 0 Å². The average Bonchev–Trinajstić information content (AvgIpc) is 2.34. The third-order valence-corrected chi connectivity index (χ3v) is 2.34. The molecule has 5 heteroatoms. The van der Waals surface area contributed by atoms with E-state index in [-0.39, 0.29) is 17.7 Å². The van der Waals surface area contributed by atoms with Gasteiger partial charge in [-0.3, -0.25) is 9.78 Å². The minimum Gasteiger partial charge on any atom is -0.506 e. The molecule has 1 heterocycles. The Hall–Kier alpha value is -1.62. The predicted octanol–water partition coefficient (Wildman–Crippen LogP) is 0.791. The lowest BCUT2D eigenvalue weighted by Gasteiger charge is -2.13. The first-order valence-corrected chi connectivity index (χ1v) is 5.78. The summed E-state index contributed by atoms with van der Waals surface area (Å²) in [4.78, 5) is 15.6. The van der Waals surface area contributed by atoms with Crippen molar-refractivity contribution in [3.63, 3.8) is 0 Å². The topological polar surface area (TPSA) is 74.2 Å². The number of carbonyl (C=O) groups excluding carboxylic acids is 1. The summed E-state index contributed by atoms with van der Waals surface area (Å²) in [6.07, 6.45) is 2.32.